The van der Waals surface area contributed by atoms with Crippen LogP contribution in [0.3, 0.4) is 0 Å². The minimum atomic E-state index is -0.258. The van der Waals surface area contributed by atoms with Gasteiger partial charge in [0, 0.05) is 11.9 Å². The van der Waals surface area contributed by atoms with E-state index in [1.165, 1.54) is 0 Å². The lowest BCUT2D eigenvalue weighted by atomic mass is 9.86. The SMILES string of the molecule is CCCc1cnc(C2(CO)COC2)[nH]1. The average Bonchev–Trinajstić information content (AvgIpc) is 2.54. The molecule has 0 atom stereocenters. The fraction of sp³-hybridized carbons (Fsp3) is 0.700. The Kier molecular flexibility index (Phi) is 2.56. The molecule has 0 unspecified atom stereocenters. The van der Waals surface area contributed by atoms with Crippen LogP contribution >= 0.6 is 0 Å². The molecule has 1 fully saturated rings. The van der Waals surface area contributed by atoms with E-state index in [1.54, 1.807) is 0 Å². The summed E-state index contributed by atoms with van der Waals surface area (Å²) in [5.74, 6) is 0.870. The van der Waals surface area contributed by atoms with Gasteiger partial charge < -0.3 is 14.8 Å². The third-order valence-electron chi connectivity index (χ3n) is 2.71. The summed E-state index contributed by atoms with van der Waals surface area (Å²) in [4.78, 5) is 7.56. The minimum absolute atomic E-state index is 0.103. The van der Waals surface area contributed by atoms with Gasteiger partial charge in [0.2, 0.25) is 0 Å². The molecule has 0 bridgehead atoms. The first-order valence-electron chi connectivity index (χ1n) is 5.04. The molecule has 2 heterocycles. The lowest BCUT2D eigenvalue weighted by molar-refractivity contribution is -0.0881. The Morgan fingerprint density at radius 3 is 2.93 bits per heavy atom. The highest BCUT2D eigenvalue weighted by Crippen LogP contribution is 2.29. The normalized spacial score (nSPS) is 19.3. The van der Waals surface area contributed by atoms with Crippen molar-refractivity contribution in [1.29, 1.82) is 0 Å². The van der Waals surface area contributed by atoms with E-state index in [0.717, 1.165) is 24.4 Å². The standard InChI is InChI=1S/C10H16N2O2/c1-2-3-8-4-11-9(12-8)10(5-13)6-14-7-10/h4,13H,2-3,5-7H2,1H3,(H,11,12). The predicted molar refractivity (Wildman–Crippen MR) is 52.2 cm³/mol. The maximum atomic E-state index is 9.29. The molecular weight excluding hydrogens is 180 g/mol. The van der Waals surface area contributed by atoms with Gasteiger partial charge in [0.15, 0.2) is 0 Å². The molecule has 4 nitrogen and oxygen atoms in total. The Balaban J connectivity index is 2.15. The number of aliphatic hydroxyl groups excluding tert-OH is 1. The summed E-state index contributed by atoms with van der Waals surface area (Å²) in [6.45, 7) is 3.38. The first kappa shape index (κ1) is 9.68. The highest BCUT2D eigenvalue weighted by molar-refractivity contribution is 5.16. The molecule has 1 aromatic rings. The van der Waals surface area contributed by atoms with Crippen molar-refractivity contribution in [1.82, 2.24) is 9.97 Å². The summed E-state index contributed by atoms with van der Waals surface area (Å²) in [5.41, 5.74) is 0.883. The third-order valence-corrected chi connectivity index (χ3v) is 2.71. The minimum Gasteiger partial charge on any atom is -0.395 e. The molecule has 1 saturated heterocycles. The first-order valence-corrected chi connectivity index (χ1v) is 5.04. The molecule has 0 spiro atoms. The Morgan fingerprint density at radius 2 is 2.43 bits per heavy atom. The van der Waals surface area contributed by atoms with Gasteiger partial charge in [-0.2, -0.15) is 0 Å². The Hall–Kier alpha value is -0.870. The maximum absolute atomic E-state index is 9.29. The van der Waals surface area contributed by atoms with Crippen molar-refractivity contribution in [2.75, 3.05) is 19.8 Å². The van der Waals surface area contributed by atoms with Crippen molar-refractivity contribution >= 4 is 0 Å². The summed E-state index contributed by atoms with van der Waals surface area (Å²) in [6, 6.07) is 0. The van der Waals surface area contributed by atoms with Crippen LogP contribution in [0.1, 0.15) is 24.9 Å². The van der Waals surface area contributed by atoms with Crippen molar-refractivity contribution in [3.63, 3.8) is 0 Å². The van der Waals surface area contributed by atoms with E-state index >= 15 is 0 Å². The van der Waals surface area contributed by atoms with Crippen molar-refractivity contribution < 1.29 is 9.84 Å². The Bertz CT molecular complexity index is 299. The zero-order valence-corrected chi connectivity index (χ0v) is 8.42. The number of nitrogens with one attached hydrogen (secondary N) is 1. The highest BCUT2D eigenvalue weighted by atomic mass is 16.5. The molecule has 0 amide bonds. The summed E-state index contributed by atoms with van der Waals surface area (Å²) in [7, 11) is 0. The lowest BCUT2D eigenvalue weighted by Gasteiger charge is -2.37. The number of ether oxygens (including phenoxy) is 1. The fourth-order valence-electron chi connectivity index (χ4n) is 1.68. The molecule has 1 aliphatic rings. The fourth-order valence-corrected chi connectivity index (χ4v) is 1.68. The van der Waals surface area contributed by atoms with Gasteiger partial charge in [-0.3, -0.25) is 0 Å². The average molecular weight is 196 g/mol. The molecular formula is C10H16N2O2. The number of aliphatic hydroxyl groups is 1. The van der Waals surface area contributed by atoms with Gasteiger partial charge in [0.25, 0.3) is 0 Å². The lowest BCUT2D eigenvalue weighted by Crippen LogP contribution is -2.50. The smallest absolute Gasteiger partial charge is 0.119 e. The Morgan fingerprint density at radius 1 is 1.64 bits per heavy atom. The van der Waals surface area contributed by atoms with Crippen LogP contribution in [0.5, 0.6) is 0 Å². The number of aromatic nitrogens is 2. The van der Waals surface area contributed by atoms with Crippen LogP contribution in [-0.4, -0.2) is 34.9 Å². The maximum Gasteiger partial charge on any atom is 0.119 e. The topological polar surface area (TPSA) is 58.1 Å². The zero-order chi connectivity index (χ0) is 10.0. The Labute approximate surface area is 83.3 Å². The van der Waals surface area contributed by atoms with E-state index in [2.05, 4.69) is 16.9 Å². The predicted octanol–water partition coefficient (Wildman–Crippen LogP) is 0.622. The molecule has 2 rings (SSSR count). The number of nitrogens with zero attached hydrogens (tertiary/aromatic N) is 1. The number of aromatic amines is 1. The molecule has 1 aliphatic heterocycles. The molecule has 14 heavy (non-hydrogen) atoms. The molecule has 1 aromatic heterocycles. The van der Waals surface area contributed by atoms with Gasteiger partial charge in [-0.25, -0.2) is 4.98 Å². The highest BCUT2D eigenvalue weighted by Gasteiger charge is 2.42. The van der Waals surface area contributed by atoms with Gasteiger partial charge in [-0.15, -0.1) is 0 Å². The van der Waals surface area contributed by atoms with Gasteiger partial charge in [-0.05, 0) is 6.42 Å². The van der Waals surface area contributed by atoms with E-state index in [1.807, 2.05) is 6.20 Å². The molecule has 0 radical (unpaired) electrons. The summed E-state index contributed by atoms with van der Waals surface area (Å²) in [6.07, 6.45) is 3.97. The molecule has 4 heteroatoms. The van der Waals surface area contributed by atoms with Gasteiger partial charge in [-0.1, -0.05) is 13.3 Å². The van der Waals surface area contributed by atoms with Crippen molar-refractivity contribution in [2.45, 2.75) is 25.2 Å². The van der Waals surface area contributed by atoms with Crippen LogP contribution in [0.2, 0.25) is 0 Å². The number of imidazole rings is 1. The molecule has 0 aliphatic carbocycles. The summed E-state index contributed by atoms with van der Waals surface area (Å²) >= 11 is 0. The largest absolute Gasteiger partial charge is 0.395 e. The van der Waals surface area contributed by atoms with E-state index < -0.39 is 0 Å². The molecule has 0 saturated carbocycles. The second-order valence-corrected chi connectivity index (χ2v) is 3.94. The number of hydrogen-bond acceptors (Lipinski definition) is 3. The summed E-state index contributed by atoms with van der Waals surface area (Å²) in [5, 5.41) is 9.29. The van der Waals surface area contributed by atoms with Gasteiger partial charge in [0.05, 0.1) is 25.2 Å². The second kappa shape index (κ2) is 3.71. The molecule has 2 N–H and O–H groups in total. The zero-order valence-electron chi connectivity index (χ0n) is 8.42. The second-order valence-electron chi connectivity index (χ2n) is 3.94. The van der Waals surface area contributed by atoms with Crippen molar-refractivity contribution in [3.05, 3.63) is 17.7 Å². The first-order chi connectivity index (χ1) is 6.80. The summed E-state index contributed by atoms with van der Waals surface area (Å²) < 4.78 is 5.13. The van der Waals surface area contributed by atoms with Gasteiger partial charge in [0.1, 0.15) is 5.82 Å². The van der Waals surface area contributed by atoms with Crippen LogP contribution < -0.4 is 0 Å². The van der Waals surface area contributed by atoms with Crippen LogP contribution in [0.15, 0.2) is 6.20 Å². The quantitative estimate of drug-likeness (QED) is 0.742. The molecule has 78 valence electrons. The number of hydrogen-bond donors (Lipinski definition) is 2. The number of H-pyrrole nitrogens is 1. The van der Waals surface area contributed by atoms with Crippen LogP contribution in [0.4, 0.5) is 0 Å². The van der Waals surface area contributed by atoms with Crippen molar-refractivity contribution in [3.8, 4) is 0 Å². The van der Waals surface area contributed by atoms with E-state index in [4.69, 9.17) is 4.74 Å². The van der Waals surface area contributed by atoms with Gasteiger partial charge >= 0.3 is 0 Å². The number of aryl methyl sites for hydroxylation is 1. The van der Waals surface area contributed by atoms with E-state index in [0.29, 0.717) is 13.2 Å². The van der Waals surface area contributed by atoms with E-state index in [9.17, 15) is 5.11 Å². The monoisotopic (exact) mass is 196 g/mol. The number of rotatable bonds is 4. The van der Waals surface area contributed by atoms with Crippen molar-refractivity contribution in [2.24, 2.45) is 0 Å². The third kappa shape index (κ3) is 1.44. The van der Waals surface area contributed by atoms with E-state index in [-0.39, 0.29) is 12.0 Å². The molecule has 0 aromatic carbocycles. The van der Waals surface area contributed by atoms with Crippen LogP contribution in [0.25, 0.3) is 0 Å². The van der Waals surface area contributed by atoms with Crippen LogP contribution in [0, 0.1) is 0 Å². The van der Waals surface area contributed by atoms with Crippen LogP contribution in [-0.2, 0) is 16.6 Å².